The van der Waals surface area contributed by atoms with Gasteiger partial charge >= 0.3 is 0 Å². The molecule has 0 saturated carbocycles. The maximum atomic E-state index is 4.52. The Kier molecular flexibility index (Phi) is 4.03. The van der Waals surface area contributed by atoms with Gasteiger partial charge in [-0.15, -0.1) is 0 Å². The molecule has 0 saturated heterocycles. The fourth-order valence-electron chi connectivity index (χ4n) is 3.03. The molecule has 106 valence electrons. The van der Waals surface area contributed by atoms with Crippen LogP contribution in [-0.2, 0) is 6.42 Å². The zero-order valence-electron chi connectivity index (χ0n) is 12.1. The maximum absolute atomic E-state index is 4.52. The Morgan fingerprint density at radius 2 is 2.35 bits per heavy atom. The van der Waals surface area contributed by atoms with Crippen molar-refractivity contribution in [3.8, 4) is 0 Å². The van der Waals surface area contributed by atoms with Gasteiger partial charge in [0, 0.05) is 19.2 Å². The zero-order chi connectivity index (χ0) is 13.9. The fourth-order valence-corrected chi connectivity index (χ4v) is 3.92. The van der Waals surface area contributed by atoms with Crippen LogP contribution in [0.15, 0.2) is 29.1 Å². The number of anilines is 1. The molecule has 2 aromatic heterocycles. The summed E-state index contributed by atoms with van der Waals surface area (Å²) in [5.74, 6) is 0. The van der Waals surface area contributed by atoms with Crippen LogP contribution in [0.3, 0.4) is 0 Å². The Hall–Kier alpha value is -1.39. The second-order valence-electron chi connectivity index (χ2n) is 5.33. The molecule has 0 aromatic carbocycles. The van der Waals surface area contributed by atoms with Crippen LogP contribution < -0.4 is 10.2 Å². The van der Waals surface area contributed by atoms with Crippen molar-refractivity contribution in [2.45, 2.75) is 25.8 Å². The molecule has 3 rings (SSSR count). The van der Waals surface area contributed by atoms with E-state index in [2.05, 4.69) is 39.0 Å². The number of aromatic nitrogens is 1. The highest BCUT2D eigenvalue weighted by Crippen LogP contribution is 2.37. The van der Waals surface area contributed by atoms with Gasteiger partial charge in [-0.2, -0.15) is 11.3 Å². The van der Waals surface area contributed by atoms with Gasteiger partial charge < -0.3 is 10.2 Å². The molecule has 3 heterocycles. The van der Waals surface area contributed by atoms with E-state index in [1.54, 1.807) is 11.3 Å². The lowest BCUT2D eigenvalue weighted by molar-refractivity contribution is 0.568. The average Bonchev–Trinajstić information content (AvgIpc) is 3.07. The molecule has 4 heteroatoms. The molecule has 0 spiro atoms. The Morgan fingerprint density at radius 3 is 3.10 bits per heavy atom. The molecule has 1 N–H and O–H groups in total. The number of aryl methyl sites for hydroxylation is 1. The largest absolute Gasteiger partial charge is 0.363 e. The van der Waals surface area contributed by atoms with E-state index in [-0.39, 0.29) is 0 Å². The van der Waals surface area contributed by atoms with Crippen molar-refractivity contribution >= 4 is 17.0 Å². The topological polar surface area (TPSA) is 28.2 Å². The van der Waals surface area contributed by atoms with Gasteiger partial charge in [0.2, 0.25) is 0 Å². The molecule has 1 aliphatic rings. The molecule has 0 amide bonds. The van der Waals surface area contributed by atoms with Gasteiger partial charge in [-0.25, -0.2) is 0 Å². The monoisotopic (exact) mass is 287 g/mol. The van der Waals surface area contributed by atoms with E-state index in [9.17, 15) is 0 Å². The summed E-state index contributed by atoms with van der Waals surface area (Å²) < 4.78 is 0. The van der Waals surface area contributed by atoms with E-state index in [0.717, 1.165) is 25.9 Å². The SMILES string of the molecule is CNCC[C@@H](c1cscc1C)N1CCc2ncccc21. The highest BCUT2D eigenvalue weighted by atomic mass is 32.1. The van der Waals surface area contributed by atoms with Gasteiger partial charge in [0.05, 0.1) is 17.4 Å². The van der Waals surface area contributed by atoms with Crippen LogP contribution in [0.4, 0.5) is 5.69 Å². The second kappa shape index (κ2) is 5.94. The van der Waals surface area contributed by atoms with Gasteiger partial charge in [-0.05, 0) is 61.0 Å². The van der Waals surface area contributed by atoms with Gasteiger partial charge in [-0.1, -0.05) is 0 Å². The van der Waals surface area contributed by atoms with Crippen LogP contribution >= 0.6 is 11.3 Å². The third-order valence-electron chi connectivity index (χ3n) is 4.06. The van der Waals surface area contributed by atoms with E-state index in [1.807, 2.05) is 19.3 Å². The van der Waals surface area contributed by atoms with Crippen molar-refractivity contribution in [1.82, 2.24) is 10.3 Å². The third kappa shape index (κ3) is 2.45. The lowest BCUT2D eigenvalue weighted by atomic mass is 10.0. The summed E-state index contributed by atoms with van der Waals surface area (Å²) in [5.41, 5.74) is 5.45. The Labute approximate surface area is 124 Å². The van der Waals surface area contributed by atoms with Crippen LogP contribution in [0.1, 0.15) is 29.3 Å². The molecular formula is C16H21N3S. The zero-order valence-corrected chi connectivity index (χ0v) is 12.9. The highest BCUT2D eigenvalue weighted by molar-refractivity contribution is 7.08. The maximum Gasteiger partial charge on any atom is 0.0654 e. The molecule has 1 atom stereocenters. The number of thiophene rings is 1. The van der Waals surface area contributed by atoms with Crippen LogP contribution in [0.25, 0.3) is 0 Å². The van der Waals surface area contributed by atoms with E-state index in [4.69, 9.17) is 0 Å². The fraction of sp³-hybridized carbons (Fsp3) is 0.438. The molecule has 0 unspecified atom stereocenters. The van der Waals surface area contributed by atoms with E-state index in [1.165, 1.54) is 22.5 Å². The predicted molar refractivity (Wildman–Crippen MR) is 85.6 cm³/mol. The molecule has 0 aliphatic carbocycles. The van der Waals surface area contributed by atoms with Gasteiger partial charge in [0.1, 0.15) is 0 Å². The summed E-state index contributed by atoms with van der Waals surface area (Å²) in [6.45, 7) is 4.33. The number of pyridine rings is 1. The van der Waals surface area contributed by atoms with Crippen LogP contribution in [-0.4, -0.2) is 25.1 Å². The molecule has 20 heavy (non-hydrogen) atoms. The van der Waals surface area contributed by atoms with Crippen molar-refractivity contribution < 1.29 is 0 Å². The summed E-state index contributed by atoms with van der Waals surface area (Å²) in [6.07, 6.45) is 4.10. The first-order valence-electron chi connectivity index (χ1n) is 7.19. The number of hydrogen-bond acceptors (Lipinski definition) is 4. The summed E-state index contributed by atoms with van der Waals surface area (Å²) in [5, 5.41) is 7.85. The predicted octanol–water partition coefficient (Wildman–Crippen LogP) is 3.16. The molecule has 2 aromatic rings. The van der Waals surface area contributed by atoms with Crippen molar-refractivity contribution in [2.75, 3.05) is 25.0 Å². The van der Waals surface area contributed by atoms with Gasteiger partial charge in [0.25, 0.3) is 0 Å². The Morgan fingerprint density at radius 1 is 1.45 bits per heavy atom. The molecule has 0 bridgehead atoms. The van der Waals surface area contributed by atoms with Crippen LogP contribution in [0.2, 0.25) is 0 Å². The molecule has 1 aliphatic heterocycles. The lowest BCUT2D eigenvalue weighted by Crippen LogP contribution is -2.29. The first-order valence-corrected chi connectivity index (χ1v) is 8.13. The highest BCUT2D eigenvalue weighted by Gasteiger charge is 2.28. The normalized spacial score (nSPS) is 15.4. The van der Waals surface area contributed by atoms with Crippen molar-refractivity contribution in [3.05, 3.63) is 45.9 Å². The van der Waals surface area contributed by atoms with Crippen LogP contribution in [0, 0.1) is 6.92 Å². The quantitative estimate of drug-likeness (QED) is 0.915. The molecular weight excluding hydrogens is 266 g/mol. The summed E-state index contributed by atoms with van der Waals surface area (Å²) in [7, 11) is 2.02. The van der Waals surface area contributed by atoms with E-state index >= 15 is 0 Å². The number of rotatable bonds is 5. The minimum Gasteiger partial charge on any atom is -0.363 e. The van der Waals surface area contributed by atoms with Gasteiger partial charge in [-0.3, -0.25) is 4.98 Å². The lowest BCUT2D eigenvalue weighted by Gasteiger charge is -2.30. The number of nitrogens with one attached hydrogen (secondary N) is 1. The summed E-state index contributed by atoms with van der Waals surface area (Å²) in [4.78, 5) is 7.06. The Bertz CT molecular complexity index is 579. The minimum absolute atomic E-state index is 0.458. The summed E-state index contributed by atoms with van der Waals surface area (Å²) in [6, 6.07) is 4.72. The number of hydrogen-bond donors (Lipinski definition) is 1. The number of fused-ring (bicyclic) bond motifs is 1. The van der Waals surface area contributed by atoms with Crippen molar-refractivity contribution in [2.24, 2.45) is 0 Å². The molecule has 3 nitrogen and oxygen atoms in total. The van der Waals surface area contributed by atoms with E-state index in [0.29, 0.717) is 6.04 Å². The van der Waals surface area contributed by atoms with E-state index < -0.39 is 0 Å². The standard InChI is InChI=1S/C16H21N3S/c1-12-10-20-11-13(12)15(5-8-17-2)19-9-6-14-16(19)4-3-7-18-14/h3-4,7,10-11,15,17H,5-6,8-9H2,1-2H3/t15-/m0/s1. The number of nitrogens with zero attached hydrogens (tertiary/aromatic N) is 2. The smallest absolute Gasteiger partial charge is 0.0654 e. The van der Waals surface area contributed by atoms with Crippen molar-refractivity contribution in [1.29, 1.82) is 0 Å². The molecule has 0 radical (unpaired) electrons. The minimum atomic E-state index is 0.458. The third-order valence-corrected chi connectivity index (χ3v) is 4.94. The average molecular weight is 287 g/mol. The van der Waals surface area contributed by atoms with Crippen LogP contribution in [0.5, 0.6) is 0 Å². The summed E-state index contributed by atoms with van der Waals surface area (Å²) >= 11 is 1.81. The van der Waals surface area contributed by atoms with Crippen molar-refractivity contribution in [3.63, 3.8) is 0 Å². The first-order chi connectivity index (χ1) is 9.81. The second-order valence-corrected chi connectivity index (χ2v) is 6.07. The van der Waals surface area contributed by atoms with Gasteiger partial charge in [0.15, 0.2) is 0 Å². The Balaban J connectivity index is 1.93. The first kappa shape index (κ1) is 13.6. The molecule has 0 fully saturated rings.